The molecule has 0 aromatic carbocycles. The largest absolute Gasteiger partial charge is 0.204 e. The van der Waals surface area contributed by atoms with Gasteiger partial charge in [0.05, 0.1) is 5.69 Å². The number of hydrogen-bond donors (Lipinski definition) is 0. The van der Waals surface area contributed by atoms with Crippen molar-refractivity contribution in [1.29, 1.82) is 5.26 Å². The van der Waals surface area contributed by atoms with Crippen LogP contribution in [-0.4, -0.2) is 10.2 Å². The molecule has 1 heterocycles. The molecule has 3 nitrogen and oxygen atoms in total. The fourth-order valence-electron chi connectivity index (χ4n) is 0.533. The molecule has 0 bridgehead atoms. The predicted octanol–water partition coefficient (Wildman–Crippen LogP) is 0.796. The molecule has 0 saturated heterocycles. The molecule has 0 unspecified atom stereocenters. The van der Waals surface area contributed by atoms with E-state index in [-0.39, 0.29) is 5.69 Å². The van der Waals surface area contributed by atoms with E-state index >= 15 is 0 Å². The topological polar surface area (TPSA) is 49.6 Å². The molecule has 1 aromatic rings. The van der Waals surface area contributed by atoms with E-state index < -0.39 is 5.82 Å². The standard InChI is InChI=1S/C6H4FN3/c1-4-2-5(7)6(3-8)10-9-4/h2H,1H3. The minimum absolute atomic E-state index is 0.259. The molecule has 1 aromatic heterocycles. The summed E-state index contributed by atoms with van der Waals surface area (Å²) in [5.74, 6) is -0.616. The van der Waals surface area contributed by atoms with Crippen molar-refractivity contribution in [2.45, 2.75) is 6.92 Å². The van der Waals surface area contributed by atoms with Crippen molar-refractivity contribution < 1.29 is 4.39 Å². The maximum Gasteiger partial charge on any atom is 0.198 e. The van der Waals surface area contributed by atoms with Crippen LogP contribution in [0.1, 0.15) is 11.4 Å². The fourth-order valence-corrected chi connectivity index (χ4v) is 0.533. The van der Waals surface area contributed by atoms with E-state index in [9.17, 15) is 4.39 Å². The third-order valence-electron chi connectivity index (χ3n) is 0.975. The number of nitriles is 1. The molecule has 10 heavy (non-hydrogen) atoms. The maximum atomic E-state index is 12.5. The van der Waals surface area contributed by atoms with Gasteiger partial charge in [0.15, 0.2) is 11.5 Å². The molecule has 0 aliphatic heterocycles. The number of hydrogen-bond acceptors (Lipinski definition) is 3. The Hall–Kier alpha value is -1.50. The fraction of sp³-hybridized carbons (Fsp3) is 0.167. The molecule has 0 aliphatic rings. The molecule has 0 N–H and O–H groups in total. The molecule has 0 spiro atoms. The highest BCUT2D eigenvalue weighted by Gasteiger charge is 2.01. The first-order valence-electron chi connectivity index (χ1n) is 2.64. The van der Waals surface area contributed by atoms with E-state index in [4.69, 9.17) is 5.26 Å². The second-order valence-electron chi connectivity index (χ2n) is 1.79. The summed E-state index contributed by atoms with van der Waals surface area (Å²) in [6.07, 6.45) is 0. The van der Waals surface area contributed by atoms with E-state index in [2.05, 4.69) is 10.2 Å². The van der Waals surface area contributed by atoms with E-state index in [1.807, 2.05) is 0 Å². The minimum atomic E-state index is -0.616. The van der Waals surface area contributed by atoms with Gasteiger partial charge < -0.3 is 0 Å². The van der Waals surface area contributed by atoms with Gasteiger partial charge in [-0.15, -0.1) is 5.10 Å². The van der Waals surface area contributed by atoms with Gasteiger partial charge in [-0.25, -0.2) is 4.39 Å². The smallest absolute Gasteiger partial charge is 0.198 e. The molecule has 0 radical (unpaired) electrons. The Morgan fingerprint density at radius 1 is 1.60 bits per heavy atom. The second-order valence-corrected chi connectivity index (χ2v) is 1.79. The Kier molecular flexibility index (Phi) is 1.59. The van der Waals surface area contributed by atoms with Crippen molar-refractivity contribution in [3.63, 3.8) is 0 Å². The first kappa shape index (κ1) is 6.62. The summed E-state index contributed by atoms with van der Waals surface area (Å²) in [7, 11) is 0. The van der Waals surface area contributed by atoms with Crippen molar-refractivity contribution in [2.24, 2.45) is 0 Å². The summed E-state index contributed by atoms with van der Waals surface area (Å²) >= 11 is 0. The van der Waals surface area contributed by atoms with Crippen LogP contribution >= 0.6 is 0 Å². The van der Waals surface area contributed by atoms with Crippen LogP contribution in [0.4, 0.5) is 4.39 Å². The zero-order chi connectivity index (χ0) is 7.56. The van der Waals surface area contributed by atoms with Gasteiger partial charge >= 0.3 is 0 Å². The normalized spacial score (nSPS) is 8.90. The Balaban J connectivity index is 3.23. The molecule has 50 valence electrons. The average Bonchev–Trinajstić information content (AvgIpc) is 1.88. The van der Waals surface area contributed by atoms with Gasteiger partial charge in [-0.1, -0.05) is 0 Å². The lowest BCUT2D eigenvalue weighted by atomic mass is 10.3. The Labute approximate surface area is 57.1 Å². The lowest BCUT2D eigenvalue weighted by Gasteiger charge is -1.90. The minimum Gasteiger partial charge on any atom is -0.204 e. The molecule has 0 saturated carbocycles. The Morgan fingerprint density at radius 2 is 2.30 bits per heavy atom. The first-order chi connectivity index (χ1) is 4.74. The number of aryl methyl sites for hydroxylation is 1. The molecule has 1 rings (SSSR count). The average molecular weight is 137 g/mol. The maximum absolute atomic E-state index is 12.5. The predicted molar refractivity (Wildman–Crippen MR) is 31.4 cm³/mol. The second kappa shape index (κ2) is 2.40. The highest BCUT2D eigenvalue weighted by molar-refractivity contribution is 5.20. The number of nitrogens with zero attached hydrogens (tertiary/aromatic N) is 3. The lowest BCUT2D eigenvalue weighted by Crippen LogP contribution is -1.94. The van der Waals surface area contributed by atoms with Gasteiger partial charge in [0.1, 0.15) is 6.07 Å². The van der Waals surface area contributed by atoms with Crippen LogP contribution in [0.5, 0.6) is 0 Å². The van der Waals surface area contributed by atoms with Gasteiger partial charge in [-0.3, -0.25) is 0 Å². The summed E-state index contributed by atoms with van der Waals surface area (Å²) in [6, 6.07) is 2.75. The first-order valence-corrected chi connectivity index (χ1v) is 2.64. The van der Waals surface area contributed by atoms with Crippen molar-refractivity contribution >= 4 is 0 Å². The SMILES string of the molecule is Cc1cc(F)c(C#N)nn1. The van der Waals surface area contributed by atoms with Crippen molar-refractivity contribution in [1.82, 2.24) is 10.2 Å². The highest BCUT2D eigenvalue weighted by Crippen LogP contribution is 2.00. The van der Waals surface area contributed by atoms with Crippen molar-refractivity contribution in [3.8, 4) is 6.07 Å². The van der Waals surface area contributed by atoms with Crippen LogP contribution in [0, 0.1) is 24.1 Å². The quantitative estimate of drug-likeness (QED) is 0.531. The van der Waals surface area contributed by atoms with E-state index in [0.717, 1.165) is 0 Å². The number of rotatable bonds is 0. The van der Waals surface area contributed by atoms with Crippen LogP contribution < -0.4 is 0 Å². The molecule has 0 aliphatic carbocycles. The molecule has 4 heteroatoms. The van der Waals surface area contributed by atoms with Crippen LogP contribution in [-0.2, 0) is 0 Å². The Bertz CT molecular complexity index is 290. The number of halogens is 1. The summed E-state index contributed by atoms with van der Waals surface area (Å²) in [5.41, 5.74) is 0.210. The van der Waals surface area contributed by atoms with Crippen molar-refractivity contribution in [2.75, 3.05) is 0 Å². The molecule has 0 atom stereocenters. The zero-order valence-electron chi connectivity index (χ0n) is 5.30. The van der Waals surface area contributed by atoms with Crippen LogP contribution in [0.25, 0.3) is 0 Å². The Morgan fingerprint density at radius 3 is 2.80 bits per heavy atom. The van der Waals surface area contributed by atoms with Crippen molar-refractivity contribution in [3.05, 3.63) is 23.3 Å². The highest BCUT2D eigenvalue weighted by atomic mass is 19.1. The molecular formula is C6H4FN3. The van der Waals surface area contributed by atoms with E-state index in [1.165, 1.54) is 6.07 Å². The van der Waals surface area contributed by atoms with Crippen LogP contribution in [0.15, 0.2) is 6.07 Å². The van der Waals surface area contributed by atoms with Gasteiger partial charge in [0.2, 0.25) is 0 Å². The number of aromatic nitrogens is 2. The summed E-state index contributed by atoms with van der Waals surface area (Å²) in [6.45, 7) is 1.61. The monoisotopic (exact) mass is 137 g/mol. The lowest BCUT2D eigenvalue weighted by molar-refractivity contribution is 0.606. The molecular weight excluding hydrogens is 133 g/mol. The van der Waals surface area contributed by atoms with Gasteiger partial charge in [0.25, 0.3) is 0 Å². The van der Waals surface area contributed by atoms with Crippen LogP contribution in [0.3, 0.4) is 0 Å². The summed E-state index contributed by atoms with van der Waals surface area (Å²) < 4.78 is 12.5. The van der Waals surface area contributed by atoms with Crippen LogP contribution in [0.2, 0.25) is 0 Å². The van der Waals surface area contributed by atoms with E-state index in [0.29, 0.717) is 5.69 Å². The zero-order valence-corrected chi connectivity index (χ0v) is 5.30. The van der Waals surface area contributed by atoms with Gasteiger partial charge in [-0.05, 0) is 13.0 Å². The molecule has 0 amide bonds. The third-order valence-corrected chi connectivity index (χ3v) is 0.975. The summed E-state index contributed by atoms with van der Waals surface area (Å²) in [4.78, 5) is 0. The van der Waals surface area contributed by atoms with Gasteiger partial charge in [0, 0.05) is 0 Å². The third kappa shape index (κ3) is 1.08. The van der Waals surface area contributed by atoms with Gasteiger partial charge in [-0.2, -0.15) is 10.4 Å². The molecule has 0 fully saturated rings. The van der Waals surface area contributed by atoms with E-state index in [1.54, 1.807) is 13.0 Å². The summed E-state index contributed by atoms with van der Waals surface area (Å²) in [5, 5.41) is 15.0.